The highest BCUT2D eigenvalue weighted by Gasteiger charge is 2.18. The molecule has 2 atom stereocenters. The lowest BCUT2D eigenvalue weighted by Gasteiger charge is -2.17. The lowest BCUT2D eigenvalue weighted by Crippen LogP contribution is -2.34. The van der Waals surface area contributed by atoms with Crippen LogP contribution in [-0.4, -0.2) is 11.9 Å². The molecule has 2 unspecified atom stereocenters. The molecular formula is C17H20N2OS. The van der Waals surface area contributed by atoms with E-state index in [2.05, 4.69) is 5.32 Å². The van der Waals surface area contributed by atoms with Crippen molar-refractivity contribution in [2.75, 3.05) is 5.32 Å². The standard InChI is InChI=1S/C17H20N2OS/c1-12(13(2)18)17(20)19-15-10-6-7-11-16(15)21-14-8-4-3-5-9-14/h3-13H,18H2,1-2H3,(H,19,20). The first-order chi connectivity index (χ1) is 10.1. The molecule has 3 nitrogen and oxygen atoms in total. The monoisotopic (exact) mass is 300 g/mol. The van der Waals surface area contributed by atoms with Crippen LogP contribution in [0.15, 0.2) is 64.4 Å². The third kappa shape index (κ3) is 4.34. The SMILES string of the molecule is CC(N)C(C)C(=O)Nc1ccccc1Sc1ccccc1. The lowest BCUT2D eigenvalue weighted by atomic mass is 10.0. The number of hydrogen-bond acceptors (Lipinski definition) is 3. The van der Waals surface area contributed by atoms with Crippen LogP contribution in [-0.2, 0) is 4.79 Å². The van der Waals surface area contributed by atoms with E-state index in [0.29, 0.717) is 0 Å². The number of carbonyl (C=O) groups excluding carboxylic acids is 1. The van der Waals surface area contributed by atoms with Crippen molar-refractivity contribution in [3.8, 4) is 0 Å². The van der Waals surface area contributed by atoms with Gasteiger partial charge in [0, 0.05) is 15.8 Å². The highest BCUT2D eigenvalue weighted by molar-refractivity contribution is 7.99. The minimum Gasteiger partial charge on any atom is -0.327 e. The van der Waals surface area contributed by atoms with Crippen molar-refractivity contribution in [2.45, 2.75) is 29.7 Å². The minimum absolute atomic E-state index is 0.0499. The predicted octanol–water partition coefficient (Wildman–Crippen LogP) is 3.76. The van der Waals surface area contributed by atoms with Gasteiger partial charge in [0.25, 0.3) is 0 Å². The number of para-hydroxylation sites is 1. The molecule has 0 fully saturated rings. The first-order valence-electron chi connectivity index (χ1n) is 6.96. The summed E-state index contributed by atoms with van der Waals surface area (Å²) in [5.41, 5.74) is 6.61. The number of rotatable bonds is 5. The van der Waals surface area contributed by atoms with E-state index in [-0.39, 0.29) is 17.9 Å². The van der Waals surface area contributed by atoms with E-state index >= 15 is 0 Å². The summed E-state index contributed by atoms with van der Waals surface area (Å²) in [6.07, 6.45) is 0. The molecule has 0 bridgehead atoms. The lowest BCUT2D eigenvalue weighted by molar-refractivity contribution is -0.119. The summed E-state index contributed by atoms with van der Waals surface area (Å²) < 4.78 is 0. The van der Waals surface area contributed by atoms with Gasteiger partial charge < -0.3 is 11.1 Å². The van der Waals surface area contributed by atoms with E-state index in [1.165, 1.54) is 0 Å². The third-order valence-corrected chi connectivity index (χ3v) is 4.40. The summed E-state index contributed by atoms with van der Waals surface area (Å²) in [7, 11) is 0. The number of nitrogens with two attached hydrogens (primary N) is 1. The summed E-state index contributed by atoms with van der Waals surface area (Å²) in [6.45, 7) is 3.68. The van der Waals surface area contributed by atoms with Gasteiger partial charge in [0.05, 0.1) is 11.6 Å². The molecular weight excluding hydrogens is 280 g/mol. The molecule has 0 aliphatic heterocycles. The highest BCUT2D eigenvalue weighted by Crippen LogP contribution is 2.33. The average Bonchev–Trinajstić information content (AvgIpc) is 2.49. The predicted molar refractivity (Wildman–Crippen MR) is 88.5 cm³/mol. The first kappa shape index (κ1) is 15.6. The van der Waals surface area contributed by atoms with E-state index in [4.69, 9.17) is 5.73 Å². The molecule has 21 heavy (non-hydrogen) atoms. The fourth-order valence-corrected chi connectivity index (χ4v) is 2.68. The zero-order valence-corrected chi connectivity index (χ0v) is 13.1. The van der Waals surface area contributed by atoms with Crippen LogP contribution in [0.2, 0.25) is 0 Å². The van der Waals surface area contributed by atoms with Crippen LogP contribution >= 0.6 is 11.8 Å². The van der Waals surface area contributed by atoms with Gasteiger partial charge in [-0.3, -0.25) is 4.79 Å². The van der Waals surface area contributed by atoms with Crippen molar-refractivity contribution < 1.29 is 4.79 Å². The van der Waals surface area contributed by atoms with Crippen molar-refractivity contribution in [1.82, 2.24) is 0 Å². The molecule has 2 aromatic carbocycles. The molecule has 2 aromatic rings. The molecule has 1 amide bonds. The molecule has 3 N–H and O–H groups in total. The van der Waals surface area contributed by atoms with Crippen LogP contribution in [0, 0.1) is 5.92 Å². The molecule has 0 heterocycles. The first-order valence-corrected chi connectivity index (χ1v) is 7.78. The molecule has 110 valence electrons. The van der Waals surface area contributed by atoms with Gasteiger partial charge in [-0.05, 0) is 31.2 Å². The van der Waals surface area contributed by atoms with Gasteiger partial charge >= 0.3 is 0 Å². The number of benzene rings is 2. The molecule has 0 aliphatic rings. The Morgan fingerprint density at radius 1 is 1.05 bits per heavy atom. The Labute approximate surface area is 129 Å². The Morgan fingerprint density at radius 3 is 2.33 bits per heavy atom. The van der Waals surface area contributed by atoms with Gasteiger partial charge in [0.1, 0.15) is 0 Å². The normalized spacial score (nSPS) is 13.5. The topological polar surface area (TPSA) is 55.1 Å². The van der Waals surface area contributed by atoms with Crippen molar-refractivity contribution in [2.24, 2.45) is 11.7 Å². The summed E-state index contributed by atoms with van der Waals surface area (Å²) in [4.78, 5) is 14.3. The summed E-state index contributed by atoms with van der Waals surface area (Å²) in [5, 5.41) is 2.97. The Bertz CT molecular complexity index is 599. The van der Waals surface area contributed by atoms with Crippen LogP contribution in [0.4, 0.5) is 5.69 Å². The molecule has 0 saturated heterocycles. The summed E-state index contributed by atoms with van der Waals surface area (Å²) in [5.74, 6) is -0.272. The molecule has 4 heteroatoms. The van der Waals surface area contributed by atoms with Gasteiger partial charge in [-0.25, -0.2) is 0 Å². The van der Waals surface area contributed by atoms with Crippen LogP contribution in [0.3, 0.4) is 0 Å². The van der Waals surface area contributed by atoms with Crippen LogP contribution in [0.5, 0.6) is 0 Å². The van der Waals surface area contributed by atoms with Crippen molar-refractivity contribution in [1.29, 1.82) is 0 Å². The van der Waals surface area contributed by atoms with Crippen molar-refractivity contribution in [3.63, 3.8) is 0 Å². The van der Waals surface area contributed by atoms with Gasteiger partial charge in [-0.1, -0.05) is 49.0 Å². The van der Waals surface area contributed by atoms with E-state index < -0.39 is 0 Å². The van der Waals surface area contributed by atoms with Gasteiger partial charge in [-0.15, -0.1) is 0 Å². The van der Waals surface area contributed by atoms with Gasteiger partial charge in [-0.2, -0.15) is 0 Å². The highest BCUT2D eigenvalue weighted by atomic mass is 32.2. The second-order valence-electron chi connectivity index (χ2n) is 5.05. The van der Waals surface area contributed by atoms with Crippen molar-refractivity contribution >= 4 is 23.4 Å². The maximum absolute atomic E-state index is 12.2. The smallest absolute Gasteiger partial charge is 0.228 e. The van der Waals surface area contributed by atoms with E-state index in [0.717, 1.165) is 15.5 Å². The van der Waals surface area contributed by atoms with Gasteiger partial charge in [0.2, 0.25) is 5.91 Å². The Morgan fingerprint density at radius 2 is 1.67 bits per heavy atom. The fourth-order valence-electron chi connectivity index (χ4n) is 1.76. The second-order valence-corrected chi connectivity index (χ2v) is 6.16. The molecule has 0 aliphatic carbocycles. The van der Waals surface area contributed by atoms with E-state index in [1.807, 2.05) is 68.4 Å². The second kappa shape index (κ2) is 7.29. The number of nitrogens with one attached hydrogen (secondary N) is 1. The largest absolute Gasteiger partial charge is 0.327 e. The maximum Gasteiger partial charge on any atom is 0.228 e. The minimum atomic E-state index is -0.222. The average molecular weight is 300 g/mol. The number of carbonyl (C=O) groups is 1. The Kier molecular flexibility index (Phi) is 5.42. The molecule has 2 rings (SSSR count). The van der Waals surface area contributed by atoms with Crippen LogP contribution in [0.25, 0.3) is 0 Å². The summed E-state index contributed by atoms with van der Waals surface area (Å²) >= 11 is 1.63. The Hall–Kier alpha value is -1.78. The maximum atomic E-state index is 12.2. The summed E-state index contributed by atoms with van der Waals surface area (Å²) in [6, 6.07) is 17.7. The number of amides is 1. The number of hydrogen-bond donors (Lipinski definition) is 2. The quantitative estimate of drug-likeness (QED) is 0.884. The van der Waals surface area contributed by atoms with Crippen LogP contribution in [0.1, 0.15) is 13.8 Å². The zero-order valence-electron chi connectivity index (χ0n) is 12.2. The Balaban J connectivity index is 2.16. The van der Waals surface area contributed by atoms with E-state index in [9.17, 15) is 4.79 Å². The molecule has 0 aromatic heterocycles. The third-order valence-electron chi connectivity index (χ3n) is 3.32. The van der Waals surface area contributed by atoms with Gasteiger partial charge in [0.15, 0.2) is 0 Å². The molecule has 0 spiro atoms. The number of anilines is 1. The van der Waals surface area contributed by atoms with E-state index in [1.54, 1.807) is 11.8 Å². The van der Waals surface area contributed by atoms with Crippen LogP contribution < -0.4 is 11.1 Å². The van der Waals surface area contributed by atoms with Crippen molar-refractivity contribution in [3.05, 3.63) is 54.6 Å². The molecule has 0 saturated carbocycles. The molecule has 0 radical (unpaired) electrons. The zero-order chi connectivity index (χ0) is 15.2. The fraction of sp³-hybridized carbons (Fsp3) is 0.235.